The number of aliphatic hydroxyl groups is 2. The molecule has 0 aromatic carbocycles. The highest BCUT2D eigenvalue weighted by Gasteiger charge is 2.23. The number of nitrogens with one attached hydrogen (secondary N) is 1. The molecular formula is C20H25FN2O4. The number of aliphatic imine (C=N–C) groups is 1. The molecule has 0 aromatic rings. The van der Waals surface area contributed by atoms with E-state index in [1.54, 1.807) is 0 Å². The van der Waals surface area contributed by atoms with Crippen molar-refractivity contribution in [2.75, 3.05) is 6.54 Å². The third kappa shape index (κ3) is 5.24. The Morgan fingerprint density at radius 3 is 2.85 bits per heavy atom. The third-order valence-corrected chi connectivity index (χ3v) is 4.57. The van der Waals surface area contributed by atoms with Crippen molar-refractivity contribution < 1.29 is 24.5 Å². The summed E-state index contributed by atoms with van der Waals surface area (Å²) in [5, 5.41) is 31.2. The number of allylic oxidation sites excluding steroid dienone is 5. The molecule has 7 heteroatoms. The van der Waals surface area contributed by atoms with Gasteiger partial charge in [0.25, 0.3) is 0 Å². The molecule has 0 saturated heterocycles. The van der Waals surface area contributed by atoms with Gasteiger partial charge in [-0.2, -0.15) is 0 Å². The predicted molar refractivity (Wildman–Crippen MR) is 102 cm³/mol. The topological polar surface area (TPSA) is 102 Å². The summed E-state index contributed by atoms with van der Waals surface area (Å²) < 4.78 is 13.0. The van der Waals surface area contributed by atoms with Crippen LogP contribution in [0, 0.1) is 0 Å². The monoisotopic (exact) mass is 376 g/mol. The number of dihydropyridines is 1. The van der Waals surface area contributed by atoms with Crippen LogP contribution in [0.2, 0.25) is 0 Å². The first-order valence-electron chi connectivity index (χ1n) is 8.82. The highest BCUT2D eigenvalue weighted by molar-refractivity contribution is 6.12. The first kappa shape index (κ1) is 20.8. The molecule has 0 spiro atoms. The summed E-state index contributed by atoms with van der Waals surface area (Å²) in [6, 6.07) is 0. The van der Waals surface area contributed by atoms with E-state index in [1.807, 2.05) is 19.9 Å². The fraction of sp³-hybridized carbons (Fsp3) is 0.400. The van der Waals surface area contributed by atoms with E-state index < -0.39 is 18.3 Å². The van der Waals surface area contributed by atoms with Crippen molar-refractivity contribution in [3.8, 4) is 0 Å². The highest BCUT2D eigenvalue weighted by Crippen LogP contribution is 2.31. The molecule has 0 aromatic heterocycles. The Bertz CT molecular complexity index is 775. The summed E-state index contributed by atoms with van der Waals surface area (Å²) >= 11 is 0. The third-order valence-electron chi connectivity index (χ3n) is 4.57. The lowest BCUT2D eigenvalue weighted by Crippen LogP contribution is -2.34. The molecule has 0 amide bonds. The van der Waals surface area contributed by atoms with Crippen molar-refractivity contribution in [3.63, 3.8) is 0 Å². The number of carboxylic acids is 1. The van der Waals surface area contributed by atoms with Gasteiger partial charge >= 0.3 is 5.97 Å². The van der Waals surface area contributed by atoms with Crippen molar-refractivity contribution in [2.24, 2.45) is 4.99 Å². The normalized spacial score (nSPS) is 24.0. The van der Waals surface area contributed by atoms with Crippen LogP contribution in [0.5, 0.6) is 0 Å². The molecule has 6 nitrogen and oxygen atoms in total. The molecule has 2 rings (SSSR count). The smallest absolute Gasteiger partial charge is 0.337 e. The largest absolute Gasteiger partial charge is 0.479 e. The van der Waals surface area contributed by atoms with Gasteiger partial charge in [0, 0.05) is 11.3 Å². The number of halogens is 1. The van der Waals surface area contributed by atoms with E-state index in [9.17, 15) is 19.4 Å². The molecule has 146 valence electrons. The van der Waals surface area contributed by atoms with E-state index in [4.69, 9.17) is 5.11 Å². The van der Waals surface area contributed by atoms with E-state index >= 15 is 0 Å². The quantitative estimate of drug-likeness (QED) is 0.534. The van der Waals surface area contributed by atoms with Crippen LogP contribution >= 0.6 is 0 Å². The van der Waals surface area contributed by atoms with E-state index in [-0.39, 0.29) is 12.1 Å². The molecule has 2 atom stereocenters. The van der Waals surface area contributed by atoms with Crippen molar-refractivity contribution in [2.45, 2.75) is 45.4 Å². The highest BCUT2D eigenvalue weighted by atomic mass is 19.1. The number of carbonyl (C=O) groups is 1. The lowest BCUT2D eigenvalue weighted by molar-refractivity contribution is -0.144. The second kappa shape index (κ2) is 9.43. The molecule has 1 heterocycles. The van der Waals surface area contributed by atoms with Crippen LogP contribution in [0.1, 0.15) is 33.1 Å². The van der Waals surface area contributed by atoms with Gasteiger partial charge in [-0.05, 0) is 62.5 Å². The average molecular weight is 376 g/mol. The maximum absolute atomic E-state index is 13.0. The molecule has 4 N–H and O–H groups in total. The van der Waals surface area contributed by atoms with Crippen LogP contribution in [0.15, 0.2) is 63.6 Å². The second-order valence-electron chi connectivity index (χ2n) is 6.48. The SMILES string of the molecule is C/C=C1\CCCC(C)=C1C(/C=C/F)=N\CC1=CC(C(O)C(=O)O)=CC(O)N1. The van der Waals surface area contributed by atoms with Gasteiger partial charge in [0.1, 0.15) is 6.23 Å². The zero-order chi connectivity index (χ0) is 20.0. The molecular weight excluding hydrogens is 351 g/mol. The van der Waals surface area contributed by atoms with Gasteiger partial charge in [0.2, 0.25) is 0 Å². The number of aliphatic carboxylic acids is 1. The lowest BCUT2D eigenvalue weighted by atomic mass is 9.85. The second-order valence-corrected chi connectivity index (χ2v) is 6.48. The first-order chi connectivity index (χ1) is 12.9. The molecule has 2 unspecified atom stereocenters. The standard InChI is InChI=1S/C20H25FN2O4/c1-3-13-6-4-5-12(2)18(13)16(7-8-21)22-11-15-9-14(10-17(24)23-15)19(25)20(26)27/h3,7-10,17,19,23-25H,4-6,11H2,1-2H3,(H,26,27)/b8-7+,13-3+,22-16-. The zero-order valence-corrected chi connectivity index (χ0v) is 15.4. The maximum Gasteiger partial charge on any atom is 0.337 e. The van der Waals surface area contributed by atoms with Crippen LogP contribution in [-0.4, -0.2) is 45.9 Å². The van der Waals surface area contributed by atoms with Gasteiger partial charge in [0.15, 0.2) is 6.10 Å². The fourth-order valence-electron chi connectivity index (χ4n) is 3.29. The predicted octanol–water partition coefficient (Wildman–Crippen LogP) is 2.53. The summed E-state index contributed by atoms with van der Waals surface area (Å²) in [5.74, 6) is -1.41. The van der Waals surface area contributed by atoms with E-state index in [0.29, 0.717) is 17.7 Å². The molecule has 0 radical (unpaired) electrons. The Morgan fingerprint density at radius 1 is 1.48 bits per heavy atom. The van der Waals surface area contributed by atoms with Crippen molar-refractivity contribution in [1.82, 2.24) is 5.32 Å². The number of aliphatic hydroxyl groups excluding tert-OH is 2. The van der Waals surface area contributed by atoms with Gasteiger partial charge in [0.05, 0.1) is 18.6 Å². The van der Waals surface area contributed by atoms with Crippen molar-refractivity contribution >= 4 is 11.7 Å². The molecule has 2 aliphatic rings. The number of carboxylic acid groups (broad SMARTS) is 1. The summed E-state index contributed by atoms with van der Waals surface area (Å²) in [4.78, 5) is 15.4. The van der Waals surface area contributed by atoms with E-state index in [2.05, 4.69) is 10.3 Å². The Kier molecular flexibility index (Phi) is 7.27. The molecule has 1 aliphatic carbocycles. The van der Waals surface area contributed by atoms with Crippen LogP contribution in [0.4, 0.5) is 4.39 Å². The summed E-state index contributed by atoms with van der Waals surface area (Å²) in [6.07, 6.45) is 6.41. The van der Waals surface area contributed by atoms with Crippen molar-refractivity contribution in [1.29, 1.82) is 0 Å². The maximum atomic E-state index is 13.0. The van der Waals surface area contributed by atoms with Gasteiger partial charge in [-0.1, -0.05) is 11.6 Å². The van der Waals surface area contributed by atoms with Gasteiger partial charge in [-0.3, -0.25) is 4.99 Å². The minimum Gasteiger partial charge on any atom is -0.479 e. The van der Waals surface area contributed by atoms with Gasteiger partial charge in [-0.15, -0.1) is 0 Å². The molecule has 0 saturated carbocycles. The van der Waals surface area contributed by atoms with E-state index in [1.165, 1.54) is 18.2 Å². The van der Waals surface area contributed by atoms with Crippen LogP contribution in [-0.2, 0) is 4.79 Å². The minimum absolute atomic E-state index is 0.0729. The van der Waals surface area contributed by atoms with Crippen LogP contribution in [0.25, 0.3) is 0 Å². The zero-order valence-electron chi connectivity index (χ0n) is 15.4. The lowest BCUT2D eigenvalue weighted by Gasteiger charge is -2.23. The Balaban J connectivity index is 2.32. The molecule has 27 heavy (non-hydrogen) atoms. The van der Waals surface area contributed by atoms with Gasteiger partial charge < -0.3 is 20.6 Å². The van der Waals surface area contributed by atoms with E-state index in [0.717, 1.165) is 36.0 Å². The van der Waals surface area contributed by atoms with Crippen LogP contribution < -0.4 is 5.32 Å². The number of hydrogen-bond donors (Lipinski definition) is 4. The first-order valence-corrected chi connectivity index (χ1v) is 8.82. The molecule has 1 aliphatic heterocycles. The number of nitrogens with zero attached hydrogens (tertiary/aromatic N) is 1. The summed E-state index contributed by atoms with van der Waals surface area (Å²) in [5.41, 5.74) is 4.18. The molecule has 0 fully saturated rings. The Labute approximate surface area is 157 Å². The average Bonchev–Trinajstić information content (AvgIpc) is 2.64. The summed E-state index contributed by atoms with van der Waals surface area (Å²) in [6.45, 7) is 4.02. The van der Waals surface area contributed by atoms with Gasteiger partial charge in [-0.25, -0.2) is 9.18 Å². The van der Waals surface area contributed by atoms with Crippen LogP contribution in [0.3, 0.4) is 0 Å². The molecule has 0 bridgehead atoms. The van der Waals surface area contributed by atoms with Crippen molar-refractivity contribution in [3.05, 3.63) is 58.6 Å². The fourth-order valence-corrected chi connectivity index (χ4v) is 3.29. The summed E-state index contributed by atoms with van der Waals surface area (Å²) in [7, 11) is 0. The Morgan fingerprint density at radius 2 is 2.22 bits per heavy atom. The number of rotatable bonds is 6. The Hall–Kier alpha value is -2.51. The number of hydrogen-bond acceptors (Lipinski definition) is 5. The minimum atomic E-state index is -1.73.